The van der Waals surface area contributed by atoms with E-state index in [1.165, 1.54) is 12.8 Å². The monoisotopic (exact) mass is 357 g/mol. The smallest absolute Gasteiger partial charge is 0.332 e. The summed E-state index contributed by atoms with van der Waals surface area (Å²) in [5, 5.41) is -1.09. The Morgan fingerprint density at radius 3 is 2.25 bits per heavy atom. The van der Waals surface area contributed by atoms with Crippen LogP contribution in [0.15, 0.2) is 0 Å². The minimum absolute atomic E-state index is 0.00483. The van der Waals surface area contributed by atoms with Crippen LogP contribution in [0.2, 0.25) is 0 Å². The Morgan fingerprint density at radius 1 is 1.29 bits per heavy atom. The highest BCUT2D eigenvalue weighted by molar-refractivity contribution is 7.20. The molecule has 0 saturated heterocycles. The fraction of sp³-hybridized carbons (Fsp3) is 0.947. The number of hydrogen-bond donors (Lipinski definition) is 1. The molecule has 0 aliphatic heterocycles. The van der Waals surface area contributed by atoms with E-state index in [1.807, 2.05) is 0 Å². The first kappa shape index (κ1) is 20.1. The van der Waals surface area contributed by atoms with Crippen LogP contribution < -0.4 is 5.73 Å². The first-order valence-corrected chi connectivity index (χ1v) is 9.69. The summed E-state index contributed by atoms with van der Waals surface area (Å²) in [5.41, 5.74) is 6.29. The molecule has 2 rings (SSSR count). The zero-order valence-corrected chi connectivity index (χ0v) is 17.6. The summed E-state index contributed by atoms with van der Waals surface area (Å²) in [7, 11) is 2.34. The molecule has 2 N–H and O–H groups in total. The first-order chi connectivity index (χ1) is 10.7. The van der Waals surface area contributed by atoms with Crippen molar-refractivity contribution in [3.8, 4) is 0 Å². The lowest BCUT2D eigenvalue weighted by molar-refractivity contribution is -0.214. The Hall–Kier alpha value is -0.180. The Morgan fingerprint density at radius 2 is 1.88 bits per heavy atom. The number of rotatable bonds is 5. The van der Waals surface area contributed by atoms with Gasteiger partial charge in [-0.1, -0.05) is 41.5 Å². The van der Waals surface area contributed by atoms with E-state index in [2.05, 4.69) is 50.8 Å². The molecule has 0 heterocycles. The Bertz CT molecular complexity index is 492. The van der Waals surface area contributed by atoms with Gasteiger partial charge in [-0.25, -0.2) is 4.79 Å². The zero-order chi connectivity index (χ0) is 18.6. The Labute approximate surface area is 149 Å². The number of carbonyl (C=O) groups excluding carboxylic acids is 1. The highest BCUT2D eigenvalue weighted by Gasteiger charge is 2.62. The van der Waals surface area contributed by atoms with Crippen molar-refractivity contribution >= 4 is 15.2 Å². The van der Waals surface area contributed by atoms with Gasteiger partial charge < -0.3 is 15.2 Å². The second-order valence-electron chi connectivity index (χ2n) is 10.1. The van der Waals surface area contributed by atoms with Crippen molar-refractivity contribution in [2.45, 2.75) is 91.8 Å². The van der Waals surface area contributed by atoms with Gasteiger partial charge in [-0.2, -0.15) is 0 Å². The molecule has 0 radical (unpaired) electrons. The van der Waals surface area contributed by atoms with Crippen molar-refractivity contribution in [1.82, 2.24) is 0 Å². The van der Waals surface area contributed by atoms with E-state index in [1.54, 1.807) is 6.92 Å². The fourth-order valence-corrected chi connectivity index (χ4v) is 4.45. The van der Waals surface area contributed by atoms with Gasteiger partial charge in [0, 0.05) is 6.42 Å². The van der Waals surface area contributed by atoms with E-state index >= 15 is 0 Å². The van der Waals surface area contributed by atoms with Crippen molar-refractivity contribution in [1.29, 1.82) is 0 Å². The third-order valence-corrected chi connectivity index (χ3v) is 6.72. The number of ether oxygens (including phenoxy) is 2. The van der Waals surface area contributed by atoms with Crippen LogP contribution in [0.4, 0.5) is 0 Å². The molecule has 6 atom stereocenters. The normalized spacial score (nSPS) is 35.5. The van der Waals surface area contributed by atoms with Gasteiger partial charge in [0.25, 0.3) is 0 Å². The molecule has 5 heteroatoms. The summed E-state index contributed by atoms with van der Waals surface area (Å²) < 4.78 is 12.1. The number of fused-ring (bicyclic) bond motifs is 2. The van der Waals surface area contributed by atoms with Crippen molar-refractivity contribution in [2.24, 2.45) is 27.9 Å². The molecule has 6 unspecified atom stereocenters. The van der Waals surface area contributed by atoms with Crippen molar-refractivity contribution in [3.63, 3.8) is 0 Å². The highest BCUT2D eigenvalue weighted by Crippen LogP contribution is 2.66. The second-order valence-corrected chi connectivity index (χ2v) is 11.3. The van der Waals surface area contributed by atoms with Gasteiger partial charge in [-0.3, -0.25) is 0 Å². The quantitative estimate of drug-likeness (QED) is 0.458. The average Bonchev–Trinajstić information content (AvgIpc) is 2.68. The van der Waals surface area contributed by atoms with Gasteiger partial charge in [0.1, 0.15) is 5.28 Å². The van der Waals surface area contributed by atoms with Crippen LogP contribution in [0.3, 0.4) is 0 Å². The largest absolute Gasteiger partial charge is 0.434 e. The van der Waals surface area contributed by atoms with Crippen molar-refractivity contribution < 1.29 is 14.3 Å². The number of carbonyl (C=O) groups is 1. The predicted octanol–water partition coefficient (Wildman–Crippen LogP) is 4.07. The molecule has 24 heavy (non-hydrogen) atoms. The van der Waals surface area contributed by atoms with Crippen LogP contribution in [-0.2, 0) is 14.3 Å². The lowest BCUT2D eigenvalue weighted by atomic mass is 9.70. The molecule has 140 valence electrons. The molecule has 2 bridgehead atoms. The third kappa shape index (κ3) is 3.81. The molecule has 0 spiro atoms. The molecule has 0 aromatic rings. The Kier molecular flexibility index (Phi) is 5.21. The van der Waals surface area contributed by atoms with Crippen LogP contribution in [0.5, 0.6) is 0 Å². The second kappa shape index (κ2) is 6.21. The molecule has 2 saturated carbocycles. The molecule has 0 aromatic carbocycles. The van der Waals surface area contributed by atoms with E-state index in [4.69, 9.17) is 15.2 Å². The minimum atomic E-state index is -1.09. The van der Waals surface area contributed by atoms with E-state index < -0.39 is 17.5 Å². The standard InChI is InChI=1S/C19H36NO3P/c1-16(2,3)11-14(23-15(21)19(7,20)24)22-13-10-12-8-9-18(13,6)17(12,4)5/h12-14H,8-11,20,24H2,1-7H3. The van der Waals surface area contributed by atoms with Crippen molar-refractivity contribution in [2.75, 3.05) is 0 Å². The summed E-state index contributed by atoms with van der Waals surface area (Å²) in [5.74, 6) is 0.259. The molecule has 2 aliphatic carbocycles. The summed E-state index contributed by atoms with van der Waals surface area (Å²) in [4.78, 5) is 12.3. The molecule has 2 fully saturated rings. The van der Waals surface area contributed by atoms with Gasteiger partial charge in [-0.05, 0) is 48.3 Å². The summed E-state index contributed by atoms with van der Waals surface area (Å²) in [6.07, 6.45) is 3.78. The van der Waals surface area contributed by atoms with E-state index in [9.17, 15) is 4.79 Å². The number of hydrogen-bond acceptors (Lipinski definition) is 4. The van der Waals surface area contributed by atoms with Gasteiger partial charge >= 0.3 is 5.97 Å². The molecular formula is C19H36NO3P. The van der Waals surface area contributed by atoms with E-state index in [-0.39, 0.29) is 22.3 Å². The molecule has 0 aromatic heterocycles. The van der Waals surface area contributed by atoms with Gasteiger partial charge in [0.2, 0.25) is 6.29 Å². The number of esters is 1. The molecular weight excluding hydrogens is 321 g/mol. The van der Waals surface area contributed by atoms with E-state index in [0.717, 1.165) is 6.42 Å². The highest BCUT2D eigenvalue weighted by atomic mass is 31.0. The predicted molar refractivity (Wildman–Crippen MR) is 100 cm³/mol. The summed E-state index contributed by atoms with van der Waals surface area (Å²) in [6.45, 7) is 15.1. The molecule has 2 aliphatic rings. The van der Waals surface area contributed by atoms with Gasteiger partial charge in [0.05, 0.1) is 6.10 Å². The van der Waals surface area contributed by atoms with Crippen LogP contribution >= 0.6 is 9.24 Å². The van der Waals surface area contributed by atoms with Gasteiger partial charge in [-0.15, -0.1) is 9.24 Å². The first-order valence-electron chi connectivity index (χ1n) is 9.11. The van der Waals surface area contributed by atoms with E-state index in [0.29, 0.717) is 12.3 Å². The maximum atomic E-state index is 12.3. The summed E-state index contributed by atoms with van der Waals surface area (Å²) in [6, 6.07) is 0. The van der Waals surface area contributed by atoms with Gasteiger partial charge in [0.15, 0.2) is 0 Å². The maximum absolute atomic E-state index is 12.3. The van der Waals surface area contributed by atoms with Crippen LogP contribution in [-0.4, -0.2) is 23.6 Å². The lowest BCUT2D eigenvalue weighted by Gasteiger charge is -2.41. The molecule has 4 nitrogen and oxygen atoms in total. The van der Waals surface area contributed by atoms with Crippen LogP contribution in [0.25, 0.3) is 0 Å². The average molecular weight is 357 g/mol. The topological polar surface area (TPSA) is 61.5 Å². The minimum Gasteiger partial charge on any atom is -0.434 e. The summed E-state index contributed by atoms with van der Waals surface area (Å²) >= 11 is 0. The number of nitrogens with two attached hydrogens (primary N) is 1. The lowest BCUT2D eigenvalue weighted by Crippen LogP contribution is -2.45. The van der Waals surface area contributed by atoms with Crippen molar-refractivity contribution in [3.05, 3.63) is 0 Å². The zero-order valence-electron chi connectivity index (χ0n) is 16.4. The maximum Gasteiger partial charge on any atom is 0.332 e. The Balaban J connectivity index is 2.13. The molecule has 0 amide bonds. The van der Waals surface area contributed by atoms with Crippen LogP contribution in [0.1, 0.15) is 74.1 Å². The SMILES string of the molecule is CC(C)(C)CC(OC(=O)C(C)(N)P)OC1CC2CCC1(C)C2(C)C. The van der Waals surface area contributed by atoms with Crippen LogP contribution in [0, 0.1) is 22.2 Å². The third-order valence-electron chi connectivity index (χ3n) is 6.49. The fourth-order valence-electron chi connectivity index (χ4n) is 4.38.